The zero-order valence-corrected chi connectivity index (χ0v) is 19.5. The van der Waals surface area contributed by atoms with Gasteiger partial charge in [-0.15, -0.1) is 0 Å². The van der Waals surface area contributed by atoms with E-state index in [9.17, 15) is 14.4 Å². The van der Waals surface area contributed by atoms with Crippen LogP contribution in [0.4, 0.5) is 5.69 Å². The normalized spacial score (nSPS) is 10.7. The van der Waals surface area contributed by atoms with Gasteiger partial charge in [0.25, 0.3) is 5.56 Å². The lowest BCUT2D eigenvalue weighted by atomic mass is 10.1. The van der Waals surface area contributed by atoms with Crippen LogP contribution in [0.25, 0.3) is 10.9 Å². The number of amides is 1. The predicted molar refractivity (Wildman–Crippen MR) is 133 cm³/mol. The summed E-state index contributed by atoms with van der Waals surface area (Å²) in [5.41, 5.74) is 2.68. The van der Waals surface area contributed by atoms with Gasteiger partial charge in [-0.2, -0.15) is 0 Å². The van der Waals surface area contributed by atoms with E-state index in [-0.39, 0.29) is 35.9 Å². The molecule has 0 radical (unpaired) electrons. The average molecular weight is 472 g/mol. The van der Waals surface area contributed by atoms with Crippen molar-refractivity contribution in [2.45, 2.75) is 26.4 Å². The fourth-order valence-electron chi connectivity index (χ4n) is 3.66. The Bertz CT molecular complexity index is 1430. The van der Waals surface area contributed by atoms with E-state index in [1.165, 1.54) is 0 Å². The van der Waals surface area contributed by atoms with Crippen molar-refractivity contribution in [1.82, 2.24) is 9.97 Å². The molecule has 8 heteroatoms. The molecule has 0 aliphatic heterocycles. The van der Waals surface area contributed by atoms with E-state index >= 15 is 0 Å². The fraction of sp³-hybridized carbons (Fsp3) is 0.185. The van der Waals surface area contributed by atoms with Crippen LogP contribution in [0, 0.1) is 6.92 Å². The maximum absolute atomic E-state index is 12.8. The molecule has 0 bridgehead atoms. The van der Waals surface area contributed by atoms with Crippen molar-refractivity contribution >= 4 is 28.5 Å². The highest BCUT2D eigenvalue weighted by molar-refractivity contribution is 6.01. The van der Waals surface area contributed by atoms with Crippen molar-refractivity contribution in [2.75, 3.05) is 12.4 Å². The first-order valence-electron chi connectivity index (χ1n) is 11.1. The molecule has 1 aromatic heterocycles. The minimum absolute atomic E-state index is 0.210. The molecule has 0 unspecified atom stereocenters. The average Bonchev–Trinajstić information content (AvgIpc) is 2.87. The minimum atomic E-state index is -0.636. The largest absolute Gasteiger partial charge is 0.497 e. The van der Waals surface area contributed by atoms with Crippen LogP contribution in [-0.2, 0) is 22.6 Å². The van der Waals surface area contributed by atoms with Gasteiger partial charge in [-0.25, -0.2) is 9.78 Å². The molecule has 0 saturated heterocycles. The highest BCUT2D eigenvalue weighted by Gasteiger charge is 2.16. The van der Waals surface area contributed by atoms with E-state index in [2.05, 4.69) is 15.3 Å². The van der Waals surface area contributed by atoms with Crippen LogP contribution in [0.2, 0.25) is 0 Å². The number of aromatic amines is 1. The number of methoxy groups -OCH3 is 1. The topological polar surface area (TPSA) is 110 Å². The summed E-state index contributed by atoms with van der Waals surface area (Å²) in [6.07, 6.45) is 0.792. The van der Waals surface area contributed by atoms with Crippen LogP contribution in [0.5, 0.6) is 5.75 Å². The van der Waals surface area contributed by atoms with Crippen LogP contribution < -0.4 is 15.6 Å². The van der Waals surface area contributed by atoms with E-state index in [1.54, 1.807) is 43.5 Å². The van der Waals surface area contributed by atoms with E-state index in [4.69, 9.17) is 9.47 Å². The molecular formula is C27H25N3O5. The summed E-state index contributed by atoms with van der Waals surface area (Å²) in [5, 5.41) is 3.26. The van der Waals surface area contributed by atoms with Crippen LogP contribution in [-0.4, -0.2) is 29.0 Å². The number of ether oxygens (including phenoxy) is 2. The number of anilines is 1. The molecule has 0 fully saturated rings. The van der Waals surface area contributed by atoms with Crippen LogP contribution >= 0.6 is 0 Å². The van der Waals surface area contributed by atoms with Crippen molar-refractivity contribution in [3.8, 4) is 5.75 Å². The number of nitrogens with zero attached hydrogens (tertiary/aromatic N) is 1. The SMILES string of the molecule is COc1ccc(CCC(=O)Nc2ccccc2C(=O)OCc2nc3c(C)cccc3c(=O)[nH]2)cc1. The van der Waals surface area contributed by atoms with Crippen molar-refractivity contribution in [3.63, 3.8) is 0 Å². The van der Waals surface area contributed by atoms with Gasteiger partial charge in [-0.3, -0.25) is 9.59 Å². The van der Waals surface area contributed by atoms with Crippen LogP contribution in [0.1, 0.15) is 33.7 Å². The second kappa shape index (κ2) is 10.6. The van der Waals surface area contributed by atoms with Crippen LogP contribution in [0.3, 0.4) is 0 Å². The summed E-state index contributed by atoms with van der Waals surface area (Å²) < 4.78 is 10.5. The lowest BCUT2D eigenvalue weighted by Gasteiger charge is -2.11. The maximum Gasteiger partial charge on any atom is 0.340 e. The van der Waals surface area contributed by atoms with Gasteiger partial charge in [-0.1, -0.05) is 36.4 Å². The first kappa shape index (κ1) is 23.7. The molecule has 0 aliphatic carbocycles. The number of nitrogens with one attached hydrogen (secondary N) is 2. The zero-order valence-electron chi connectivity index (χ0n) is 19.5. The van der Waals surface area contributed by atoms with Crippen molar-refractivity contribution in [1.29, 1.82) is 0 Å². The Hall–Kier alpha value is -4.46. The summed E-state index contributed by atoms with van der Waals surface area (Å²) in [6, 6.07) is 19.5. The van der Waals surface area contributed by atoms with E-state index in [0.717, 1.165) is 16.9 Å². The molecule has 0 aliphatic rings. The number of benzene rings is 3. The Balaban J connectivity index is 1.40. The van der Waals surface area contributed by atoms with Gasteiger partial charge in [0.05, 0.1) is 29.3 Å². The Morgan fingerprint density at radius 3 is 2.54 bits per heavy atom. The number of aromatic nitrogens is 2. The number of carbonyl (C=O) groups excluding carboxylic acids is 2. The molecule has 1 amide bonds. The Morgan fingerprint density at radius 1 is 1.00 bits per heavy atom. The molecule has 4 aromatic rings. The van der Waals surface area contributed by atoms with Gasteiger partial charge in [0.1, 0.15) is 18.2 Å². The molecule has 35 heavy (non-hydrogen) atoms. The highest BCUT2D eigenvalue weighted by atomic mass is 16.5. The molecular weight excluding hydrogens is 446 g/mol. The van der Waals surface area contributed by atoms with E-state index in [1.807, 2.05) is 37.3 Å². The van der Waals surface area contributed by atoms with Gasteiger partial charge >= 0.3 is 5.97 Å². The Morgan fingerprint density at radius 2 is 1.77 bits per heavy atom. The summed E-state index contributed by atoms with van der Waals surface area (Å²) in [7, 11) is 1.60. The molecule has 0 atom stereocenters. The number of fused-ring (bicyclic) bond motifs is 1. The number of para-hydroxylation sites is 2. The molecule has 0 spiro atoms. The number of hydrogen-bond acceptors (Lipinski definition) is 6. The second-order valence-corrected chi connectivity index (χ2v) is 8.00. The van der Waals surface area contributed by atoms with Gasteiger partial charge in [0.15, 0.2) is 0 Å². The van der Waals surface area contributed by atoms with E-state index < -0.39 is 5.97 Å². The number of carbonyl (C=O) groups is 2. The van der Waals surface area contributed by atoms with Crippen LogP contribution in [0.15, 0.2) is 71.5 Å². The molecule has 1 heterocycles. The molecule has 178 valence electrons. The third-order valence-corrected chi connectivity index (χ3v) is 5.55. The second-order valence-electron chi connectivity index (χ2n) is 8.00. The first-order valence-corrected chi connectivity index (χ1v) is 11.1. The summed E-state index contributed by atoms with van der Waals surface area (Å²) >= 11 is 0. The van der Waals surface area contributed by atoms with Crippen molar-refractivity contribution < 1.29 is 19.1 Å². The number of rotatable bonds is 8. The van der Waals surface area contributed by atoms with Gasteiger partial charge in [0.2, 0.25) is 5.91 Å². The number of hydrogen-bond donors (Lipinski definition) is 2. The third kappa shape index (κ3) is 5.73. The lowest BCUT2D eigenvalue weighted by molar-refractivity contribution is -0.116. The molecule has 8 nitrogen and oxygen atoms in total. The number of esters is 1. The Kier molecular flexibility index (Phi) is 7.21. The summed E-state index contributed by atoms with van der Waals surface area (Å²) in [5.74, 6) is 0.135. The lowest BCUT2D eigenvalue weighted by Crippen LogP contribution is -2.17. The van der Waals surface area contributed by atoms with Gasteiger partial charge in [-0.05, 0) is 54.8 Å². The molecule has 2 N–H and O–H groups in total. The summed E-state index contributed by atoms with van der Waals surface area (Å²) in [4.78, 5) is 44.7. The third-order valence-electron chi connectivity index (χ3n) is 5.55. The predicted octanol–water partition coefficient (Wildman–Crippen LogP) is 4.17. The minimum Gasteiger partial charge on any atom is -0.497 e. The summed E-state index contributed by atoms with van der Waals surface area (Å²) in [6.45, 7) is 1.65. The standard InChI is InChI=1S/C27H25N3O5/c1-17-6-5-8-21-25(17)29-23(30-26(21)32)16-35-27(33)20-7-3-4-9-22(20)28-24(31)15-12-18-10-13-19(34-2)14-11-18/h3-11,13-14H,12,15-16H2,1-2H3,(H,28,31)(H,29,30,32). The highest BCUT2D eigenvalue weighted by Crippen LogP contribution is 2.19. The number of aryl methyl sites for hydroxylation is 2. The zero-order chi connectivity index (χ0) is 24.8. The van der Waals surface area contributed by atoms with Crippen molar-refractivity contribution in [2.24, 2.45) is 0 Å². The quantitative estimate of drug-likeness (QED) is 0.373. The first-order chi connectivity index (χ1) is 16.9. The van der Waals surface area contributed by atoms with Gasteiger partial charge in [0, 0.05) is 6.42 Å². The molecule has 0 saturated carbocycles. The van der Waals surface area contributed by atoms with Gasteiger partial charge < -0.3 is 19.8 Å². The molecule has 3 aromatic carbocycles. The number of H-pyrrole nitrogens is 1. The monoisotopic (exact) mass is 471 g/mol. The van der Waals surface area contributed by atoms with E-state index in [0.29, 0.717) is 23.0 Å². The molecule has 4 rings (SSSR count). The smallest absolute Gasteiger partial charge is 0.340 e. The Labute approximate surface area is 201 Å². The maximum atomic E-state index is 12.8. The van der Waals surface area contributed by atoms with Crippen molar-refractivity contribution in [3.05, 3.63) is 99.6 Å². The fourth-order valence-corrected chi connectivity index (χ4v) is 3.66.